The van der Waals surface area contributed by atoms with Crippen LogP contribution in [0.2, 0.25) is 0 Å². The number of nitrogens with zero attached hydrogens (tertiary/aromatic N) is 3. The van der Waals surface area contributed by atoms with E-state index in [1.54, 1.807) is 0 Å². The molecule has 0 atom stereocenters. The van der Waals surface area contributed by atoms with E-state index in [0.717, 1.165) is 0 Å². The molecule has 61 valence electrons. The van der Waals surface area contributed by atoms with Crippen LogP contribution in [0.25, 0.3) is 0 Å². The van der Waals surface area contributed by atoms with Gasteiger partial charge in [-0.05, 0) is 42.3 Å². The Balaban J connectivity index is 3.98. The van der Waals surface area contributed by atoms with Gasteiger partial charge in [0.2, 0.25) is 0 Å². The molecule has 0 saturated heterocycles. The molecule has 0 aliphatic carbocycles. The maximum absolute atomic E-state index is 2.08. The number of hydrogen-bond acceptors (Lipinski definition) is 3. The van der Waals surface area contributed by atoms with Crippen molar-refractivity contribution in [3.05, 3.63) is 6.29 Å². The van der Waals surface area contributed by atoms with Gasteiger partial charge in [-0.2, -0.15) is 0 Å². The minimum atomic E-state index is 1.19. The molecule has 0 fully saturated rings. The van der Waals surface area contributed by atoms with Crippen LogP contribution in [0, 0.1) is 6.29 Å². The third-order valence-corrected chi connectivity index (χ3v) is 1.20. The summed E-state index contributed by atoms with van der Waals surface area (Å²) in [5, 5.41) is 0. The van der Waals surface area contributed by atoms with Gasteiger partial charge in [-0.1, -0.05) is 0 Å². The summed E-state index contributed by atoms with van der Waals surface area (Å²) >= 11 is 0. The minimum Gasteiger partial charge on any atom is -0.275 e. The van der Waals surface area contributed by atoms with E-state index < -0.39 is 0 Å². The van der Waals surface area contributed by atoms with Crippen LogP contribution >= 0.6 is 0 Å². The van der Waals surface area contributed by atoms with E-state index in [1.807, 2.05) is 42.3 Å². The average Bonchev–Trinajstić information content (AvgIpc) is 1.59. The highest BCUT2D eigenvalue weighted by atomic mass is 15.5. The van der Waals surface area contributed by atoms with Gasteiger partial charge in [0.1, 0.15) is 0 Å². The van der Waals surface area contributed by atoms with Gasteiger partial charge in [0.15, 0.2) is 6.29 Å². The Morgan fingerprint density at radius 2 is 0.800 bits per heavy atom. The largest absolute Gasteiger partial charge is 0.275 e. The van der Waals surface area contributed by atoms with Crippen molar-refractivity contribution >= 4 is 0 Å². The fourth-order valence-electron chi connectivity index (χ4n) is 1.20. The second-order valence-electron chi connectivity index (χ2n) is 2.98. The zero-order valence-corrected chi connectivity index (χ0v) is 7.84. The van der Waals surface area contributed by atoms with Crippen LogP contribution in [0.3, 0.4) is 0 Å². The first-order chi connectivity index (χ1) is 4.46. The van der Waals surface area contributed by atoms with Crippen LogP contribution in [0.5, 0.6) is 0 Å². The zero-order valence-electron chi connectivity index (χ0n) is 7.84. The molecule has 0 aromatic heterocycles. The molecule has 0 unspecified atom stereocenters. The zero-order chi connectivity index (χ0) is 8.31. The van der Waals surface area contributed by atoms with E-state index in [2.05, 4.69) is 14.7 Å². The lowest BCUT2D eigenvalue weighted by Crippen LogP contribution is -2.42. The summed E-state index contributed by atoms with van der Waals surface area (Å²) in [7, 11) is 12.2. The van der Waals surface area contributed by atoms with Crippen LogP contribution in [0.1, 0.15) is 0 Å². The molecule has 0 N–H and O–H groups in total. The van der Waals surface area contributed by atoms with Crippen molar-refractivity contribution in [1.82, 2.24) is 14.7 Å². The van der Waals surface area contributed by atoms with Crippen molar-refractivity contribution in [2.24, 2.45) is 0 Å². The van der Waals surface area contributed by atoms with Gasteiger partial charge in [0, 0.05) is 0 Å². The molecule has 0 aromatic rings. The molecule has 0 saturated carbocycles. The van der Waals surface area contributed by atoms with Crippen LogP contribution in [0.15, 0.2) is 0 Å². The average molecular weight is 144 g/mol. The Bertz CT molecular complexity index is 69.8. The van der Waals surface area contributed by atoms with E-state index in [1.165, 1.54) is 6.29 Å². The van der Waals surface area contributed by atoms with Gasteiger partial charge in [0.25, 0.3) is 0 Å². The smallest absolute Gasteiger partial charge is 0.177 e. The maximum Gasteiger partial charge on any atom is 0.177 e. The van der Waals surface area contributed by atoms with E-state index in [9.17, 15) is 0 Å². The minimum absolute atomic E-state index is 1.19. The van der Waals surface area contributed by atoms with Crippen molar-refractivity contribution in [2.45, 2.75) is 0 Å². The topological polar surface area (TPSA) is 9.72 Å². The molecule has 0 aliphatic rings. The van der Waals surface area contributed by atoms with E-state index in [-0.39, 0.29) is 0 Å². The Hall–Kier alpha value is -0.120. The summed E-state index contributed by atoms with van der Waals surface area (Å²) < 4.78 is 0. The highest BCUT2D eigenvalue weighted by molar-refractivity contribution is 4.78. The number of rotatable bonds is 3. The summed E-state index contributed by atoms with van der Waals surface area (Å²) in [5.74, 6) is 0. The Morgan fingerprint density at radius 1 is 0.600 bits per heavy atom. The first-order valence-electron chi connectivity index (χ1n) is 3.35. The van der Waals surface area contributed by atoms with Crippen LogP contribution in [-0.4, -0.2) is 57.0 Å². The number of hydrogen-bond donors (Lipinski definition) is 0. The van der Waals surface area contributed by atoms with Gasteiger partial charge in [-0.3, -0.25) is 14.7 Å². The molecule has 10 heavy (non-hydrogen) atoms. The normalized spacial score (nSPS) is 12.6. The molecule has 3 heteroatoms. The van der Waals surface area contributed by atoms with Crippen LogP contribution in [0.4, 0.5) is 0 Å². The molecule has 0 aliphatic heterocycles. The second-order valence-corrected chi connectivity index (χ2v) is 2.98. The van der Waals surface area contributed by atoms with Gasteiger partial charge in [0.05, 0.1) is 0 Å². The third kappa shape index (κ3) is 2.64. The molecule has 0 spiro atoms. The fraction of sp³-hybridized carbons (Fsp3) is 0.857. The van der Waals surface area contributed by atoms with Gasteiger partial charge < -0.3 is 0 Å². The van der Waals surface area contributed by atoms with Crippen LogP contribution < -0.4 is 0 Å². The van der Waals surface area contributed by atoms with Crippen molar-refractivity contribution in [2.75, 3.05) is 42.3 Å². The van der Waals surface area contributed by atoms with Gasteiger partial charge in [-0.15, -0.1) is 0 Å². The van der Waals surface area contributed by atoms with Crippen molar-refractivity contribution < 1.29 is 0 Å². The maximum atomic E-state index is 2.08. The predicted molar refractivity (Wildman–Crippen MR) is 44.3 cm³/mol. The van der Waals surface area contributed by atoms with Crippen molar-refractivity contribution in [3.63, 3.8) is 0 Å². The predicted octanol–water partition coefficient (Wildman–Crippen LogP) is 0.118. The SMILES string of the molecule is CN(C)[C](N(C)C)N(C)C. The van der Waals surface area contributed by atoms with E-state index in [4.69, 9.17) is 0 Å². The quantitative estimate of drug-likeness (QED) is 0.557. The molecule has 0 bridgehead atoms. The van der Waals surface area contributed by atoms with Gasteiger partial charge >= 0.3 is 0 Å². The summed E-state index contributed by atoms with van der Waals surface area (Å²) in [5.41, 5.74) is 0. The molecule has 0 heterocycles. The Labute approximate surface area is 64.2 Å². The van der Waals surface area contributed by atoms with Crippen LogP contribution in [-0.2, 0) is 0 Å². The summed E-state index contributed by atoms with van der Waals surface area (Å²) in [6.07, 6.45) is 1.19. The highest BCUT2D eigenvalue weighted by Crippen LogP contribution is 2.07. The lowest BCUT2D eigenvalue weighted by molar-refractivity contribution is 0.120. The van der Waals surface area contributed by atoms with E-state index in [0.29, 0.717) is 0 Å². The molecule has 1 radical (unpaired) electrons. The summed E-state index contributed by atoms with van der Waals surface area (Å²) in [6.45, 7) is 0. The molecule has 0 amide bonds. The lowest BCUT2D eigenvalue weighted by atomic mass is 10.6. The van der Waals surface area contributed by atoms with Crippen molar-refractivity contribution in [1.29, 1.82) is 0 Å². The Morgan fingerprint density at radius 3 is 0.800 bits per heavy atom. The summed E-state index contributed by atoms with van der Waals surface area (Å²) in [4.78, 5) is 6.25. The standard InChI is InChI=1S/C7H18N3/c1-8(2)7(9(3)4)10(5)6/h1-6H3. The molecule has 0 rings (SSSR count). The van der Waals surface area contributed by atoms with Crippen molar-refractivity contribution in [3.8, 4) is 0 Å². The third-order valence-electron chi connectivity index (χ3n) is 1.20. The fourth-order valence-corrected chi connectivity index (χ4v) is 1.20. The molecule has 3 nitrogen and oxygen atoms in total. The molecular weight excluding hydrogens is 126 g/mol. The van der Waals surface area contributed by atoms with E-state index >= 15 is 0 Å². The Kier molecular flexibility index (Phi) is 3.86. The second kappa shape index (κ2) is 3.91. The first kappa shape index (κ1) is 9.88. The molecular formula is C7H18N3. The first-order valence-corrected chi connectivity index (χ1v) is 3.35. The molecule has 0 aromatic carbocycles. The monoisotopic (exact) mass is 144 g/mol. The van der Waals surface area contributed by atoms with Gasteiger partial charge in [-0.25, -0.2) is 0 Å². The lowest BCUT2D eigenvalue weighted by Gasteiger charge is -2.33. The highest BCUT2D eigenvalue weighted by Gasteiger charge is 2.16. The summed E-state index contributed by atoms with van der Waals surface area (Å²) in [6, 6.07) is 0.